The summed E-state index contributed by atoms with van der Waals surface area (Å²) in [6, 6.07) is 10.6. The van der Waals surface area contributed by atoms with Crippen molar-refractivity contribution in [1.29, 1.82) is 0 Å². The Balaban J connectivity index is 1.58. The fraction of sp³-hybridized carbons (Fsp3) is 0.320. The van der Waals surface area contributed by atoms with Crippen LogP contribution in [-0.4, -0.2) is 17.4 Å². The Kier molecular flexibility index (Phi) is 3.88. The van der Waals surface area contributed by atoms with Gasteiger partial charge in [0.15, 0.2) is 0 Å². The zero-order chi connectivity index (χ0) is 21.3. The molecule has 5 atom stereocenters. The van der Waals surface area contributed by atoms with Crippen molar-refractivity contribution in [1.82, 2.24) is 0 Å². The van der Waals surface area contributed by atoms with Crippen molar-refractivity contribution < 1.29 is 14.8 Å². The van der Waals surface area contributed by atoms with E-state index in [4.69, 9.17) is 0 Å². The zero-order valence-corrected chi connectivity index (χ0v) is 16.8. The molecule has 0 bridgehead atoms. The number of carboxylic acids is 1. The number of carboxylic acid groups (broad SMARTS) is 1. The Morgan fingerprint density at radius 1 is 1.03 bits per heavy atom. The highest BCUT2D eigenvalue weighted by molar-refractivity contribution is 5.89. The number of aromatic carboxylic acids is 1. The van der Waals surface area contributed by atoms with E-state index >= 15 is 0 Å². The van der Waals surface area contributed by atoms with Gasteiger partial charge in [-0.1, -0.05) is 36.4 Å². The average molecular weight is 413 g/mol. The molecule has 2 aliphatic heterocycles. The van der Waals surface area contributed by atoms with Crippen LogP contribution in [0.4, 0.5) is 11.4 Å². The molecule has 2 aliphatic carbocycles. The van der Waals surface area contributed by atoms with Crippen molar-refractivity contribution in [2.24, 2.45) is 11.8 Å². The van der Waals surface area contributed by atoms with Gasteiger partial charge in [0.1, 0.15) is 0 Å². The molecular weight excluding hydrogens is 392 g/mol. The van der Waals surface area contributed by atoms with E-state index in [2.05, 4.69) is 29.2 Å². The lowest BCUT2D eigenvalue weighted by Crippen LogP contribution is -2.46. The molecule has 0 saturated carbocycles. The number of nitro groups is 1. The number of benzene rings is 2. The molecule has 2 aromatic carbocycles. The number of allylic oxidation sites excluding steroid dienone is 4. The maximum atomic E-state index is 11.8. The largest absolute Gasteiger partial charge is 0.545 e. The minimum Gasteiger partial charge on any atom is -0.545 e. The van der Waals surface area contributed by atoms with E-state index in [1.54, 1.807) is 24.3 Å². The third-order valence-electron chi connectivity index (χ3n) is 7.51. The van der Waals surface area contributed by atoms with E-state index in [1.807, 2.05) is 6.07 Å². The highest BCUT2D eigenvalue weighted by atomic mass is 16.6. The van der Waals surface area contributed by atoms with E-state index in [0.29, 0.717) is 5.92 Å². The van der Waals surface area contributed by atoms with Crippen LogP contribution in [0.2, 0.25) is 0 Å². The third kappa shape index (κ3) is 2.60. The van der Waals surface area contributed by atoms with Gasteiger partial charge >= 0.3 is 0 Å². The van der Waals surface area contributed by atoms with E-state index in [9.17, 15) is 20.0 Å². The molecular formula is C25H21N2O4-. The normalized spacial score (nSPS) is 29.4. The fourth-order valence-corrected chi connectivity index (χ4v) is 6.30. The summed E-state index contributed by atoms with van der Waals surface area (Å²) in [7, 11) is 0. The van der Waals surface area contributed by atoms with Gasteiger partial charge in [0, 0.05) is 36.2 Å². The molecule has 0 spiro atoms. The fourth-order valence-electron chi connectivity index (χ4n) is 6.30. The topological polar surface area (TPSA) is 86.5 Å². The summed E-state index contributed by atoms with van der Waals surface area (Å²) in [6.45, 7) is 0.860. The summed E-state index contributed by atoms with van der Waals surface area (Å²) in [4.78, 5) is 25.3. The lowest BCUT2D eigenvalue weighted by molar-refractivity contribution is -0.384. The molecule has 0 fully saturated rings. The van der Waals surface area contributed by atoms with Crippen LogP contribution in [-0.2, 0) is 0 Å². The van der Waals surface area contributed by atoms with E-state index < -0.39 is 5.97 Å². The number of nitrogens with zero attached hydrogens (tertiary/aromatic N) is 2. The van der Waals surface area contributed by atoms with Crippen LogP contribution in [0, 0.1) is 22.0 Å². The van der Waals surface area contributed by atoms with Gasteiger partial charge in [0.05, 0.1) is 16.9 Å². The second kappa shape index (κ2) is 6.54. The number of fused-ring (bicyclic) bond motifs is 4. The van der Waals surface area contributed by atoms with E-state index in [-0.39, 0.29) is 40.0 Å². The molecule has 0 unspecified atom stereocenters. The Hall–Kier alpha value is -3.41. The second-order valence-corrected chi connectivity index (χ2v) is 9.04. The van der Waals surface area contributed by atoms with Crippen molar-refractivity contribution in [3.05, 3.63) is 93.1 Å². The zero-order valence-electron chi connectivity index (χ0n) is 16.8. The highest BCUT2D eigenvalue weighted by Crippen LogP contribution is 2.59. The van der Waals surface area contributed by atoms with Gasteiger partial charge < -0.3 is 14.8 Å². The number of rotatable bonds is 3. The molecule has 2 aromatic rings. The van der Waals surface area contributed by atoms with Crippen molar-refractivity contribution in [2.45, 2.75) is 30.7 Å². The number of anilines is 1. The minimum absolute atomic E-state index is 0.0153. The molecule has 6 rings (SSSR count). The molecule has 6 heteroatoms. The molecule has 0 amide bonds. The predicted octanol–water partition coefficient (Wildman–Crippen LogP) is 3.85. The lowest BCUT2D eigenvalue weighted by Gasteiger charge is -2.51. The van der Waals surface area contributed by atoms with Crippen LogP contribution < -0.4 is 10.0 Å². The second-order valence-electron chi connectivity index (χ2n) is 9.04. The number of non-ortho nitro benzene ring substituents is 1. The molecule has 0 radical (unpaired) electrons. The highest BCUT2D eigenvalue weighted by Gasteiger charge is 2.48. The third-order valence-corrected chi connectivity index (χ3v) is 7.51. The van der Waals surface area contributed by atoms with Crippen molar-refractivity contribution in [2.75, 3.05) is 11.4 Å². The van der Waals surface area contributed by atoms with Gasteiger partial charge in [0.2, 0.25) is 0 Å². The van der Waals surface area contributed by atoms with Crippen molar-refractivity contribution >= 4 is 17.3 Å². The van der Waals surface area contributed by atoms with E-state index in [0.717, 1.165) is 41.8 Å². The average Bonchev–Trinajstić information content (AvgIpc) is 3.43. The van der Waals surface area contributed by atoms with Gasteiger partial charge in [-0.25, -0.2) is 0 Å². The Morgan fingerprint density at radius 2 is 1.77 bits per heavy atom. The van der Waals surface area contributed by atoms with E-state index in [1.165, 1.54) is 6.07 Å². The first kappa shape index (κ1) is 18.4. The first-order chi connectivity index (χ1) is 15.0. The SMILES string of the molecule is O=C([O-])c1cc2c3c(c1)[C@H]1C=CC[C@H]1[C@H](c1cccc([N+](=O)[O-])c1)N3C[C@H]1CC=C[C@H]21. The molecule has 156 valence electrons. The molecule has 0 aromatic heterocycles. The van der Waals surface area contributed by atoms with Gasteiger partial charge in [-0.05, 0) is 59.1 Å². The maximum absolute atomic E-state index is 11.8. The summed E-state index contributed by atoms with van der Waals surface area (Å²) < 4.78 is 0. The van der Waals surface area contributed by atoms with Crippen molar-refractivity contribution in [3.8, 4) is 0 Å². The number of carbonyl (C=O) groups is 1. The molecule has 0 N–H and O–H groups in total. The molecule has 31 heavy (non-hydrogen) atoms. The molecule has 2 heterocycles. The molecule has 6 nitrogen and oxygen atoms in total. The van der Waals surface area contributed by atoms with Crippen molar-refractivity contribution in [3.63, 3.8) is 0 Å². The monoisotopic (exact) mass is 413 g/mol. The molecule has 4 aliphatic rings. The van der Waals surface area contributed by atoms with Gasteiger partial charge in [-0.3, -0.25) is 10.1 Å². The summed E-state index contributed by atoms with van der Waals surface area (Å²) in [5.74, 6) is -0.253. The predicted molar refractivity (Wildman–Crippen MR) is 114 cm³/mol. The van der Waals surface area contributed by atoms with Gasteiger partial charge in [-0.2, -0.15) is 0 Å². The van der Waals surface area contributed by atoms with Crippen LogP contribution >= 0.6 is 0 Å². The first-order valence-corrected chi connectivity index (χ1v) is 10.8. The van der Waals surface area contributed by atoms with Crippen LogP contribution in [0.1, 0.15) is 57.8 Å². The minimum atomic E-state index is -1.14. The first-order valence-electron chi connectivity index (χ1n) is 10.8. The number of carbonyl (C=O) groups excluding carboxylic acids is 1. The summed E-state index contributed by atoms with van der Waals surface area (Å²) in [5, 5.41) is 23.2. The summed E-state index contributed by atoms with van der Waals surface area (Å²) in [6.07, 6.45) is 10.6. The Morgan fingerprint density at radius 3 is 2.55 bits per heavy atom. The number of hydrogen-bond donors (Lipinski definition) is 0. The molecule has 0 saturated heterocycles. The maximum Gasteiger partial charge on any atom is 0.269 e. The van der Waals surface area contributed by atoms with Crippen LogP contribution in [0.25, 0.3) is 0 Å². The van der Waals surface area contributed by atoms with Gasteiger partial charge in [0.25, 0.3) is 5.69 Å². The van der Waals surface area contributed by atoms with Crippen LogP contribution in [0.15, 0.2) is 60.7 Å². The Bertz CT molecular complexity index is 1170. The summed E-state index contributed by atoms with van der Waals surface area (Å²) in [5.41, 5.74) is 4.52. The Labute approximate surface area is 179 Å². The van der Waals surface area contributed by atoms with Gasteiger partial charge in [-0.15, -0.1) is 0 Å². The standard InChI is InChI=1S/C25H22N2O4/c28-25(29)16-11-21-18-7-2-5-15(18)13-26-23(14-4-1-6-17(10-14)27(30)31)20-9-3-8-19(20)22(12-16)24(21)26/h1-4,6-8,10-12,15,18-20,23H,5,9,13H2,(H,28,29)/p-1/t15-,18+,19+,20-,23+/m1/s1. The lowest BCUT2D eigenvalue weighted by atomic mass is 9.70. The van der Waals surface area contributed by atoms with Crippen LogP contribution in [0.5, 0.6) is 0 Å². The number of hydrogen-bond acceptors (Lipinski definition) is 5. The summed E-state index contributed by atoms with van der Waals surface area (Å²) >= 11 is 0. The number of nitro benzene ring substituents is 1. The smallest absolute Gasteiger partial charge is 0.269 e. The van der Waals surface area contributed by atoms with Crippen LogP contribution in [0.3, 0.4) is 0 Å². The quantitative estimate of drug-likeness (QED) is 0.433.